The second-order valence-electron chi connectivity index (χ2n) is 8.08. The molecular formula is C28H22FNO2. The second-order valence-corrected chi connectivity index (χ2v) is 8.08. The molecule has 1 aliphatic rings. The second kappa shape index (κ2) is 7.74. The minimum atomic E-state index is -1.88. The lowest BCUT2D eigenvalue weighted by Gasteiger charge is -2.30. The summed E-state index contributed by atoms with van der Waals surface area (Å²) in [4.78, 5) is 15.3. The molecule has 1 heterocycles. The summed E-state index contributed by atoms with van der Waals surface area (Å²) in [6.45, 7) is 4.12. The lowest BCUT2D eigenvalue weighted by Crippen LogP contribution is -2.44. The molecule has 0 saturated heterocycles. The number of nitrogens with zero attached hydrogens (tertiary/aromatic N) is 1. The third kappa shape index (κ3) is 3.03. The first kappa shape index (κ1) is 20.2. The molecule has 0 aromatic heterocycles. The quantitative estimate of drug-likeness (QED) is 0.420. The molecule has 0 fully saturated rings. The maximum Gasteiger partial charge on any atom is 0.264 e. The molecule has 1 aliphatic heterocycles. The van der Waals surface area contributed by atoms with E-state index in [1.807, 2.05) is 72.8 Å². The van der Waals surface area contributed by atoms with Gasteiger partial charge in [-0.05, 0) is 34.0 Å². The van der Waals surface area contributed by atoms with Crippen LogP contribution in [0.3, 0.4) is 0 Å². The van der Waals surface area contributed by atoms with Gasteiger partial charge in [0.2, 0.25) is 0 Å². The van der Waals surface area contributed by atoms with E-state index in [-0.39, 0.29) is 6.54 Å². The minimum absolute atomic E-state index is 0.220. The number of halogens is 1. The van der Waals surface area contributed by atoms with Crippen LogP contribution in [0.1, 0.15) is 22.6 Å². The molecule has 3 nitrogen and oxygen atoms in total. The monoisotopic (exact) mass is 423 g/mol. The van der Waals surface area contributed by atoms with E-state index in [0.29, 0.717) is 11.3 Å². The van der Waals surface area contributed by atoms with Crippen molar-refractivity contribution in [2.24, 2.45) is 0 Å². The summed E-state index contributed by atoms with van der Waals surface area (Å²) in [5, 5.41) is 14.0. The van der Waals surface area contributed by atoms with Gasteiger partial charge in [-0.1, -0.05) is 84.9 Å². The summed E-state index contributed by atoms with van der Waals surface area (Å²) in [5.41, 5.74) is 0.578. The predicted octanol–water partition coefficient (Wildman–Crippen LogP) is 5.68. The van der Waals surface area contributed by atoms with Crippen molar-refractivity contribution < 1.29 is 14.3 Å². The molecule has 0 unspecified atom stereocenters. The van der Waals surface area contributed by atoms with E-state index in [4.69, 9.17) is 0 Å². The maximum atomic E-state index is 14.3. The Morgan fingerprint density at radius 1 is 0.969 bits per heavy atom. The molecule has 0 spiro atoms. The van der Waals surface area contributed by atoms with Gasteiger partial charge in [0.05, 0.1) is 12.2 Å². The number of amides is 1. The van der Waals surface area contributed by atoms with Gasteiger partial charge in [-0.2, -0.15) is 0 Å². The zero-order chi connectivity index (χ0) is 22.3. The van der Waals surface area contributed by atoms with E-state index >= 15 is 0 Å². The highest BCUT2D eigenvalue weighted by molar-refractivity contribution is 6.08. The van der Waals surface area contributed by atoms with Gasteiger partial charge in [-0.25, -0.2) is 4.39 Å². The Kier molecular flexibility index (Phi) is 4.87. The van der Waals surface area contributed by atoms with E-state index in [1.54, 1.807) is 6.08 Å². The normalized spacial score (nSPS) is 18.6. The van der Waals surface area contributed by atoms with Crippen LogP contribution < -0.4 is 4.90 Å². The van der Waals surface area contributed by atoms with Gasteiger partial charge >= 0.3 is 0 Å². The SMILES string of the molecule is C=C[C@H](c1ccccc1)[C@]1(O)C(=O)N(Cc2cccc3ccccc23)c2cc(F)ccc21. The largest absolute Gasteiger partial charge is 0.374 e. The van der Waals surface area contributed by atoms with Gasteiger partial charge in [0, 0.05) is 11.5 Å². The van der Waals surface area contributed by atoms with Crippen LogP contribution in [0.25, 0.3) is 10.8 Å². The van der Waals surface area contributed by atoms with Gasteiger partial charge in [-0.15, -0.1) is 6.58 Å². The summed E-state index contributed by atoms with van der Waals surface area (Å²) in [6.07, 6.45) is 1.59. The molecule has 0 aliphatic carbocycles. The van der Waals surface area contributed by atoms with Crippen LogP contribution in [0.4, 0.5) is 10.1 Å². The molecule has 0 saturated carbocycles. The first-order chi connectivity index (χ1) is 15.5. The highest BCUT2D eigenvalue weighted by atomic mass is 19.1. The Balaban J connectivity index is 1.65. The molecule has 5 rings (SSSR count). The first-order valence-electron chi connectivity index (χ1n) is 10.5. The number of hydrogen-bond donors (Lipinski definition) is 1. The van der Waals surface area contributed by atoms with Crippen LogP contribution in [-0.4, -0.2) is 11.0 Å². The smallest absolute Gasteiger partial charge is 0.264 e. The third-order valence-corrected chi connectivity index (χ3v) is 6.29. The van der Waals surface area contributed by atoms with E-state index in [2.05, 4.69) is 6.58 Å². The highest BCUT2D eigenvalue weighted by Crippen LogP contribution is 2.49. The van der Waals surface area contributed by atoms with Crippen LogP contribution in [0.5, 0.6) is 0 Å². The zero-order valence-electron chi connectivity index (χ0n) is 17.4. The Hall–Kier alpha value is -3.76. The van der Waals surface area contributed by atoms with Gasteiger partial charge in [0.1, 0.15) is 5.82 Å². The van der Waals surface area contributed by atoms with Crippen molar-refractivity contribution in [3.05, 3.63) is 126 Å². The Morgan fingerprint density at radius 3 is 2.47 bits per heavy atom. The van der Waals surface area contributed by atoms with Crippen molar-refractivity contribution in [2.45, 2.75) is 18.1 Å². The number of benzene rings is 4. The average Bonchev–Trinajstić information content (AvgIpc) is 3.02. The van der Waals surface area contributed by atoms with E-state index in [9.17, 15) is 14.3 Å². The Labute approximate surface area is 186 Å². The van der Waals surface area contributed by atoms with E-state index in [0.717, 1.165) is 21.9 Å². The van der Waals surface area contributed by atoms with Crippen LogP contribution in [0, 0.1) is 5.82 Å². The Bertz CT molecular complexity index is 1330. The zero-order valence-corrected chi connectivity index (χ0v) is 17.4. The van der Waals surface area contributed by atoms with Gasteiger partial charge in [0.25, 0.3) is 5.91 Å². The van der Waals surface area contributed by atoms with Gasteiger partial charge in [0.15, 0.2) is 5.60 Å². The van der Waals surface area contributed by atoms with Crippen molar-refractivity contribution in [3.63, 3.8) is 0 Å². The number of hydrogen-bond acceptors (Lipinski definition) is 2. The molecule has 1 N–H and O–H groups in total. The molecule has 1 amide bonds. The van der Waals surface area contributed by atoms with Crippen LogP contribution in [0.15, 0.2) is 104 Å². The minimum Gasteiger partial charge on any atom is -0.374 e. The lowest BCUT2D eigenvalue weighted by atomic mass is 9.78. The molecular weight excluding hydrogens is 401 g/mol. The maximum absolute atomic E-state index is 14.3. The molecule has 32 heavy (non-hydrogen) atoms. The van der Waals surface area contributed by atoms with Crippen LogP contribution in [-0.2, 0) is 16.9 Å². The standard InChI is InChI=1S/C28H22FNO2/c1-2-24(20-10-4-3-5-11-20)28(32)25-16-15-22(29)17-26(25)30(27(28)31)18-21-13-8-12-19-9-6-7-14-23(19)21/h2-17,24,32H,1,18H2/t24-,28-/m1/s1. The molecule has 2 atom stereocenters. The molecule has 0 radical (unpaired) electrons. The number of rotatable bonds is 5. The fourth-order valence-electron chi connectivity index (χ4n) is 4.75. The summed E-state index contributed by atoms with van der Waals surface area (Å²) in [6, 6.07) is 27.2. The van der Waals surface area contributed by atoms with Crippen LogP contribution in [0.2, 0.25) is 0 Å². The first-order valence-corrected chi connectivity index (χ1v) is 10.5. The Morgan fingerprint density at radius 2 is 1.69 bits per heavy atom. The molecule has 4 aromatic carbocycles. The summed E-state index contributed by atoms with van der Waals surface area (Å²) in [5.74, 6) is -1.63. The molecule has 0 bridgehead atoms. The van der Waals surface area contributed by atoms with Crippen molar-refractivity contribution >= 4 is 22.4 Å². The van der Waals surface area contributed by atoms with Crippen molar-refractivity contribution in [2.75, 3.05) is 4.90 Å². The average molecular weight is 423 g/mol. The lowest BCUT2D eigenvalue weighted by molar-refractivity contribution is -0.137. The van der Waals surface area contributed by atoms with E-state index < -0.39 is 23.2 Å². The van der Waals surface area contributed by atoms with Crippen LogP contribution >= 0.6 is 0 Å². The molecule has 158 valence electrons. The number of anilines is 1. The fraction of sp³-hybridized carbons (Fsp3) is 0.107. The number of carbonyl (C=O) groups excluding carboxylic acids is 1. The van der Waals surface area contributed by atoms with E-state index in [1.165, 1.54) is 23.1 Å². The third-order valence-electron chi connectivity index (χ3n) is 6.29. The predicted molar refractivity (Wildman–Crippen MR) is 125 cm³/mol. The number of aliphatic hydroxyl groups is 1. The summed E-state index contributed by atoms with van der Waals surface area (Å²) < 4.78 is 14.3. The molecule has 4 heteroatoms. The van der Waals surface area contributed by atoms with Gasteiger partial charge < -0.3 is 10.0 Å². The van der Waals surface area contributed by atoms with Crippen molar-refractivity contribution in [1.82, 2.24) is 0 Å². The fourth-order valence-corrected chi connectivity index (χ4v) is 4.75. The van der Waals surface area contributed by atoms with Crippen molar-refractivity contribution in [3.8, 4) is 0 Å². The van der Waals surface area contributed by atoms with Gasteiger partial charge in [-0.3, -0.25) is 4.79 Å². The number of carbonyl (C=O) groups is 1. The summed E-state index contributed by atoms with van der Waals surface area (Å²) in [7, 11) is 0. The molecule has 4 aromatic rings. The topological polar surface area (TPSA) is 40.5 Å². The highest BCUT2D eigenvalue weighted by Gasteiger charge is 2.54. The van der Waals surface area contributed by atoms with Crippen molar-refractivity contribution in [1.29, 1.82) is 0 Å². The number of fused-ring (bicyclic) bond motifs is 2. The summed E-state index contributed by atoms with van der Waals surface area (Å²) >= 11 is 0.